The maximum Gasteiger partial charge on any atom is 0.274 e. The number of hydrogen-bond donors (Lipinski definition) is 0. The van der Waals surface area contributed by atoms with Crippen LogP contribution in [0.3, 0.4) is 0 Å². The van der Waals surface area contributed by atoms with Gasteiger partial charge in [-0.2, -0.15) is 0 Å². The lowest BCUT2D eigenvalue weighted by atomic mass is 9.73. The van der Waals surface area contributed by atoms with Crippen LogP contribution in [0.15, 0.2) is 12.4 Å². The lowest BCUT2D eigenvalue weighted by Gasteiger charge is -2.50. The number of fused-ring (bicyclic) bond motifs is 1. The highest BCUT2D eigenvalue weighted by molar-refractivity contribution is 5.92. The summed E-state index contributed by atoms with van der Waals surface area (Å²) in [6.45, 7) is 5.65. The van der Waals surface area contributed by atoms with Crippen LogP contribution in [0, 0.1) is 18.3 Å². The van der Waals surface area contributed by atoms with E-state index in [4.69, 9.17) is 9.47 Å². The molecule has 1 aromatic heterocycles. The summed E-state index contributed by atoms with van der Waals surface area (Å²) in [7, 11) is 0. The van der Waals surface area contributed by atoms with Crippen LogP contribution in [0.2, 0.25) is 0 Å². The van der Waals surface area contributed by atoms with Gasteiger partial charge in [0.05, 0.1) is 24.6 Å². The van der Waals surface area contributed by atoms with E-state index in [1.54, 1.807) is 12.4 Å². The maximum absolute atomic E-state index is 12.9. The molecule has 6 heteroatoms. The van der Waals surface area contributed by atoms with E-state index in [0.717, 1.165) is 44.1 Å². The lowest BCUT2D eigenvalue weighted by Crippen LogP contribution is -2.58. The molecule has 25 heavy (non-hydrogen) atoms. The van der Waals surface area contributed by atoms with Gasteiger partial charge < -0.3 is 14.4 Å². The standard InChI is InChI=1S/C19H27N3O3/c1-14-9-21-16(10-20-14)18(23)22-7-5-17-19(12-22,6-2-8-25-17)13-24-11-15-3-4-15/h9-10,15,17H,2-8,11-13H2,1H3/t17-,19-/m1/s1. The number of carbonyl (C=O) groups is 1. The molecule has 0 aromatic carbocycles. The molecule has 2 atom stereocenters. The van der Waals surface area contributed by atoms with Crippen molar-refractivity contribution in [1.82, 2.24) is 14.9 Å². The molecule has 1 aromatic rings. The van der Waals surface area contributed by atoms with Crippen LogP contribution in [-0.4, -0.2) is 59.8 Å². The molecule has 0 spiro atoms. The number of nitrogens with zero attached hydrogens (tertiary/aromatic N) is 3. The number of ether oxygens (including phenoxy) is 2. The number of piperidine rings is 1. The molecule has 3 heterocycles. The molecule has 136 valence electrons. The van der Waals surface area contributed by atoms with Gasteiger partial charge in [0.1, 0.15) is 5.69 Å². The van der Waals surface area contributed by atoms with Crippen molar-refractivity contribution in [3.8, 4) is 0 Å². The number of aryl methyl sites for hydroxylation is 1. The summed E-state index contributed by atoms with van der Waals surface area (Å²) >= 11 is 0. The zero-order valence-electron chi connectivity index (χ0n) is 14.9. The van der Waals surface area contributed by atoms with Crippen molar-refractivity contribution < 1.29 is 14.3 Å². The van der Waals surface area contributed by atoms with Crippen LogP contribution in [0.25, 0.3) is 0 Å². The van der Waals surface area contributed by atoms with Crippen LogP contribution < -0.4 is 0 Å². The molecule has 0 bridgehead atoms. The lowest BCUT2D eigenvalue weighted by molar-refractivity contribution is -0.147. The largest absolute Gasteiger partial charge is 0.380 e. The molecule has 1 saturated carbocycles. The molecule has 3 fully saturated rings. The first-order chi connectivity index (χ1) is 12.2. The zero-order chi connectivity index (χ0) is 17.3. The van der Waals surface area contributed by atoms with Crippen molar-refractivity contribution in [3.63, 3.8) is 0 Å². The highest BCUT2D eigenvalue weighted by Gasteiger charge is 2.47. The minimum Gasteiger partial charge on any atom is -0.380 e. The zero-order valence-corrected chi connectivity index (χ0v) is 14.9. The summed E-state index contributed by atoms with van der Waals surface area (Å²) in [6.07, 6.45) is 9.00. The van der Waals surface area contributed by atoms with Crippen LogP contribution >= 0.6 is 0 Å². The Morgan fingerprint density at radius 3 is 3.00 bits per heavy atom. The van der Waals surface area contributed by atoms with Gasteiger partial charge in [0.2, 0.25) is 0 Å². The van der Waals surface area contributed by atoms with Crippen molar-refractivity contribution in [2.75, 3.05) is 32.9 Å². The number of carbonyl (C=O) groups excluding carboxylic acids is 1. The summed E-state index contributed by atoms with van der Waals surface area (Å²) in [5.74, 6) is 0.724. The summed E-state index contributed by atoms with van der Waals surface area (Å²) in [4.78, 5) is 23.3. The monoisotopic (exact) mass is 345 g/mol. The Balaban J connectivity index is 1.46. The summed E-state index contributed by atoms with van der Waals surface area (Å²) in [5, 5.41) is 0. The van der Waals surface area contributed by atoms with E-state index in [2.05, 4.69) is 9.97 Å². The minimum absolute atomic E-state index is 0.0295. The molecule has 3 aliphatic rings. The van der Waals surface area contributed by atoms with Crippen molar-refractivity contribution in [1.29, 1.82) is 0 Å². The Hall–Kier alpha value is -1.53. The van der Waals surface area contributed by atoms with Crippen molar-refractivity contribution in [2.24, 2.45) is 11.3 Å². The Morgan fingerprint density at radius 2 is 2.24 bits per heavy atom. The summed E-state index contributed by atoms with van der Waals surface area (Å²) < 4.78 is 12.1. The summed E-state index contributed by atoms with van der Waals surface area (Å²) in [5.41, 5.74) is 1.18. The van der Waals surface area contributed by atoms with Gasteiger partial charge in [-0.3, -0.25) is 9.78 Å². The van der Waals surface area contributed by atoms with E-state index in [9.17, 15) is 4.79 Å². The predicted molar refractivity (Wildman–Crippen MR) is 92.2 cm³/mol. The molecular weight excluding hydrogens is 318 g/mol. The van der Waals surface area contributed by atoms with Crippen LogP contribution in [0.4, 0.5) is 0 Å². The second-order valence-corrected chi connectivity index (χ2v) is 7.84. The van der Waals surface area contributed by atoms with Gasteiger partial charge in [-0.05, 0) is 44.9 Å². The second kappa shape index (κ2) is 7.00. The Kier molecular flexibility index (Phi) is 4.73. The van der Waals surface area contributed by atoms with Gasteiger partial charge in [-0.1, -0.05) is 0 Å². The molecule has 4 rings (SSSR count). The molecule has 0 N–H and O–H groups in total. The van der Waals surface area contributed by atoms with E-state index >= 15 is 0 Å². The average molecular weight is 345 g/mol. The normalized spacial score (nSPS) is 29.3. The number of amides is 1. The van der Waals surface area contributed by atoms with Gasteiger partial charge in [-0.15, -0.1) is 0 Å². The molecule has 6 nitrogen and oxygen atoms in total. The van der Waals surface area contributed by atoms with Gasteiger partial charge in [0, 0.05) is 37.9 Å². The molecule has 2 aliphatic heterocycles. The topological polar surface area (TPSA) is 64.6 Å². The van der Waals surface area contributed by atoms with E-state index in [1.807, 2.05) is 11.8 Å². The van der Waals surface area contributed by atoms with Gasteiger partial charge in [-0.25, -0.2) is 4.98 Å². The second-order valence-electron chi connectivity index (χ2n) is 7.84. The Labute approximate surface area is 148 Å². The van der Waals surface area contributed by atoms with E-state index in [-0.39, 0.29) is 17.4 Å². The van der Waals surface area contributed by atoms with E-state index in [1.165, 1.54) is 12.8 Å². The van der Waals surface area contributed by atoms with Crippen LogP contribution in [-0.2, 0) is 9.47 Å². The first kappa shape index (κ1) is 16.9. The number of aromatic nitrogens is 2. The van der Waals surface area contributed by atoms with Crippen molar-refractivity contribution >= 4 is 5.91 Å². The SMILES string of the molecule is Cc1cnc(C(=O)N2CC[C@H]3OCCC[C@]3(COCC3CC3)C2)cn1. The highest BCUT2D eigenvalue weighted by Crippen LogP contribution is 2.41. The molecule has 0 unspecified atom stereocenters. The summed E-state index contributed by atoms with van der Waals surface area (Å²) in [6, 6.07) is 0. The Morgan fingerprint density at radius 1 is 1.36 bits per heavy atom. The predicted octanol–water partition coefficient (Wildman–Crippen LogP) is 2.22. The van der Waals surface area contributed by atoms with E-state index in [0.29, 0.717) is 25.4 Å². The van der Waals surface area contributed by atoms with E-state index < -0.39 is 0 Å². The van der Waals surface area contributed by atoms with Crippen LogP contribution in [0.1, 0.15) is 48.3 Å². The minimum atomic E-state index is -0.0703. The van der Waals surface area contributed by atoms with Gasteiger partial charge >= 0.3 is 0 Å². The van der Waals surface area contributed by atoms with Crippen molar-refractivity contribution in [2.45, 2.75) is 45.1 Å². The fraction of sp³-hybridized carbons (Fsp3) is 0.737. The maximum atomic E-state index is 12.9. The number of likely N-dealkylation sites (tertiary alicyclic amines) is 1. The number of rotatable bonds is 5. The number of hydrogen-bond acceptors (Lipinski definition) is 5. The van der Waals surface area contributed by atoms with Crippen molar-refractivity contribution in [3.05, 3.63) is 23.8 Å². The third-order valence-corrected chi connectivity index (χ3v) is 5.72. The smallest absolute Gasteiger partial charge is 0.274 e. The fourth-order valence-electron chi connectivity index (χ4n) is 4.05. The van der Waals surface area contributed by atoms with Crippen LogP contribution in [0.5, 0.6) is 0 Å². The quantitative estimate of drug-likeness (QED) is 0.819. The Bertz CT molecular complexity index is 617. The molecule has 1 aliphatic carbocycles. The molecule has 2 saturated heterocycles. The third kappa shape index (κ3) is 3.70. The third-order valence-electron chi connectivity index (χ3n) is 5.72. The fourth-order valence-corrected chi connectivity index (χ4v) is 4.05. The highest BCUT2D eigenvalue weighted by atomic mass is 16.5. The first-order valence-electron chi connectivity index (χ1n) is 9.44. The van der Waals surface area contributed by atoms with Gasteiger partial charge in [0.25, 0.3) is 5.91 Å². The molecular formula is C19H27N3O3. The molecule has 1 amide bonds. The average Bonchev–Trinajstić information content (AvgIpc) is 3.45. The first-order valence-corrected chi connectivity index (χ1v) is 9.44. The van der Waals surface area contributed by atoms with Gasteiger partial charge in [0.15, 0.2) is 0 Å². The molecule has 0 radical (unpaired) electrons.